The van der Waals surface area contributed by atoms with Crippen molar-refractivity contribution >= 4 is 40.2 Å². The number of unbranched alkanes of at least 4 members (excludes halogenated alkanes) is 1. The number of aliphatic hydroxyl groups is 1. The number of rotatable bonds is 12. The smallest absolute Gasteiger partial charge is 0.457 e. The average molecular weight is 905 g/mol. The third-order valence-corrected chi connectivity index (χ3v) is 14.7. The zero-order valence-corrected chi connectivity index (χ0v) is 40.5. The van der Waals surface area contributed by atoms with Crippen LogP contribution in [0.15, 0.2) is 52.5 Å². The molecule has 1 aromatic carbocycles. The number of hydrogen-bond acceptors (Lipinski definition) is 13. The SMILES string of the molecule is CCC1OC(=O)C(C)C(=O)C(C)C(OC2OC(C)CC(N(C)C)C2O)C(C)(OC)CC(C)C(=O)C(C)C2=[N+](CCCCC3CCC=C(Cc4c[nH]c5ccccc45)N=NC3)C(=O)OC21C. The molecule has 6 rings (SSSR count). The zero-order chi connectivity index (χ0) is 47.4. The molecule has 1 aromatic heterocycles. The van der Waals surface area contributed by atoms with Gasteiger partial charge in [0.15, 0.2) is 24.7 Å². The molecule has 1 amide bonds. The van der Waals surface area contributed by atoms with E-state index in [2.05, 4.69) is 33.4 Å². The van der Waals surface area contributed by atoms with E-state index in [1.807, 2.05) is 58.1 Å². The minimum absolute atomic E-state index is 0.123. The molecule has 65 heavy (non-hydrogen) atoms. The van der Waals surface area contributed by atoms with Gasteiger partial charge in [-0.05, 0) is 111 Å². The Morgan fingerprint density at radius 1 is 1.02 bits per heavy atom. The molecule has 2 saturated heterocycles. The largest absolute Gasteiger partial charge is 0.597 e. The number of aliphatic hydroxyl groups excluding tert-OH is 1. The molecule has 0 radical (unpaired) electrons. The molecule has 358 valence electrons. The van der Waals surface area contributed by atoms with E-state index >= 15 is 0 Å². The minimum atomic E-state index is -1.48. The lowest BCUT2D eigenvalue weighted by Crippen LogP contribution is -2.59. The Kier molecular flexibility index (Phi) is 16.4. The van der Waals surface area contributed by atoms with Gasteiger partial charge in [-0.15, -0.1) is 4.58 Å². The number of ether oxygens (including phenoxy) is 5. The van der Waals surface area contributed by atoms with Crippen molar-refractivity contribution in [1.29, 1.82) is 0 Å². The third kappa shape index (κ3) is 10.9. The number of esters is 1. The number of likely N-dealkylation sites (N-methyl/N-ethyl adjacent to an activating group) is 1. The number of cyclic esters (lactones) is 1. The van der Waals surface area contributed by atoms with Crippen molar-refractivity contribution in [2.75, 3.05) is 34.3 Å². The lowest BCUT2D eigenvalue weighted by Gasteiger charge is -2.46. The normalized spacial score (nSPS) is 35.6. The molecule has 2 aromatic rings. The minimum Gasteiger partial charge on any atom is -0.457 e. The molecule has 15 nitrogen and oxygen atoms in total. The molecule has 0 spiro atoms. The Balaban J connectivity index is 1.21. The topological polar surface area (TPSA) is 181 Å². The number of nitrogens with zero attached hydrogens (tertiary/aromatic N) is 4. The van der Waals surface area contributed by atoms with Gasteiger partial charge < -0.3 is 38.7 Å². The van der Waals surface area contributed by atoms with Gasteiger partial charge in [0.05, 0.1) is 30.1 Å². The van der Waals surface area contributed by atoms with Gasteiger partial charge in [-0.1, -0.05) is 45.0 Å². The summed E-state index contributed by atoms with van der Waals surface area (Å²) in [6.45, 7) is 14.9. The summed E-state index contributed by atoms with van der Waals surface area (Å²) in [6, 6.07) is 7.97. The summed E-state index contributed by atoms with van der Waals surface area (Å²) in [7, 11) is 5.25. The first-order valence-corrected chi connectivity index (χ1v) is 23.8. The van der Waals surface area contributed by atoms with Crippen LogP contribution in [0.4, 0.5) is 4.79 Å². The van der Waals surface area contributed by atoms with Gasteiger partial charge in [0.2, 0.25) is 11.3 Å². The Morgan fingerprint density at radius 3 is 2.46 bits per heavy atom. The highest BCUT2D eigenvalue weighted by molar-refractivity contribution is 6.10. The summed E-state index contributed by atoms with van der Waals surface area (Å²) in [4.78, 5) is 62.5. The highest BCUT2D eigenvalue weighted by Gasteiger charge is 2.61. The van der Waals surface area contributed by atoms with Gasteiger partial charge in [0, 0.05) is 54.9 Å². The first-order chi connectivity index (χ1) is 30.8. The van der Waals surface area contributed by atoms with Crippen molar-refractivity contribution in [3.63, 3.8) is 0 Å². The number of amides is 1. The summed E-state index contributed by atoms with van der Waals surface area (Å²) in [5.74, 6) is -4.75. The molecule has 5 heterocycles. The maximum Gasteiger partial charge on any atom is 0.597 e. The fourth-order valence-electron chi connectivity index (χ4n) is 10.8. The summed E-state index contributed by atoms with van der Waals surface area (Å²) >= 11 is 0. The molecule has 2 fully saturated rings. The molecule has 0 bridgehead atoms. The van der Waals surface area contributed by atoms with E-state index < -0.39 is 77.3 Å². The van der Waals surface area contributed by atoms with E-state index in [0.29, 0.717) is 44.0 Å². The fraction of sp³-hybridized carbons (Fsp3) is 0.700. The molecule has 13 atom stereocenters. The van der Waals surface area contributed by atoms with Crippen LogP contribution in [0.1, 0.15) is 112 Å². The number of hydrogen-bond donors (Lipinski definition) is 2. The standard InChI is InChI=1S/C50H74N5O10/c1-12-40-50(8)44(55(48(60)65-50)23-16-15-18-34-19-17-20-36(53-52-27-34)25-35-28-51-38-22-14-13-21-37(35)38)31(4)41(56)29(2)26-49(7,61-11)45(32(5)42(57)33(6)46(59)63-40)64-47-43(58)39(54(9)10)24-30(3)62-47/h13-14,20-22,28-34,39-40,43,45,47,51,58H,12,15-19,23-27H2,1-11H3/q+1. The number of H-pyrrole nitrogens is 1. The van der Waals surface area contributed by atoms with E-state index in [9.17, 15) is 24.3 Å². The molecule has 0 saturated carbocycles. The van der Waals surface area contributed by atoms with E-state index in [0.717, 1.165) is 36.9 Å². The number of azo groups is 1. The highest BCUT2D eigenvalue weighted by Crippen LogP contribution is 2.40. The number of para-hydroxylation sites is 1. The van der Waals surface area contributed by atoms with E-state index in [1.54, 1.807) is 32.3 Å². The Labute approximate surface area is 384 Å². The van der Waals surface area contributed by atoms with Crippen LogP contribution in [0, 0.1) is 29.6 Å². The number of carbonyl (C=O) groups is 4. The van der Waals surface area contributed by atoms with Crippen LogP contribution in [0.5, 0.6) is 0 Å². The number of benzene rings is 1. The van der Waals surface area contributed by atoms with Crippen molar-refractivity contribution in [3.05, 3.63) is 47.8 Å². The molecule has 15 heteroatoms. The second-order valence-corrected chi connectivity index (χ2v) is 19.7. The van der Waals surface area contributed by atoms with Crippen LogP contribution < -0.4 is 0 Å². The molecular formula is C50H74N5O10+. The van der Waals surface area contributed by atoms with Crippen LogP contribution in [0.25, 0.3) is 10.9 Å². The third-order valence-electron chi connectivity index (χ3n) is 14.7. The maximum absolute atomic E-state index is 14.8. The molecule has 4 aliphatic heterocycles. The Bertz CT molecular complexity index is 2130. The van der Waals surface area contributed by atoms with Gasteiger partial charge in [-0.2, -0.15) is 15.0 Å². The van der Waals surface area contributed by atoms with E-state index in [1.165, 1.54) is 25.0 Å². The maximum atomic E-state index is 14.8. The van der Waals surface area contributed by atoms with Gasteiger partial charge in [0.1, 0.15) is 23.7 Å². The molecule has 2 N–H and O–H groups in total. The van der Waals surface area contributed by atoms with Crippen molar-refractivity contribution < 1.29 is 52.5 Å². The van der Waals surface area contributed by atoms with Gasteiger partial charge in [0.25, 0.3) is 0 Å². The summed E-state index contributed by atoms with van der Waals surface area (Å²) in [6.07, 6.45) is 5.03. The summed E-state index contributed by atoms with van der Waals surface area (Å²) in [5.41, 5.74) is 0.957. The number of Topliss-reactive ketones (excluding diaryl/α,β-unsaturated/α-hetero) is 2. The summed E-state index contributed by atoms with van der Waals surface area (Å²) in [5, 5.41) is 21.9. The van der Waals surface area contributed by atoms with E-state index in [4.69, 9.17) is 23.7 Å². The second kappa shape index (κ2) is 21.2. The second-order valence-electron chi connectivity index (χ2n) is 19.7. The van der Waals surface area contributed by atoms with E-state index in [-0.39, 0.29) is 30.8 Å². The van der Waals surface area contributed by atoms with Crippen LogP contribution >= 0.6 is 0 Å². The predicted molar refractivity (Wildman–Crippen MR) is 246 cm³/mol. The number of carbonyl (C=O) groups excluding carboxylic acids is 4. The van der Waals surface area contributed by atoms with Gasteiger partial charge in [-0.3, -0.25) is 14.4 Å². The number of methoxy groups -OCH3 is 1. The molecule has 4 aliphatic rings. The number of nitrogens with one attached hydrogen (secondary N) is 1. The quantitative estimate of drug-likeness (QED) is 0.0926. The number of allylic oxidation sites excluding steroid dienone is 2. The van der Waals surface area contributed by atoms with Crippen molar-refractivity contribution in [2.24, 2.45) is 39.8 Å². The number of ketones is 2. The average Bonchev–Trinajstić information content (AvgIpc) is 3.79. The summed E-state index contributed by atoms with van der Waals surface area (Å²) < 4.78 is 32.9. The molecular weight excluding hydrogens is 831 g/mol. The van der Waals surface area contributed by atoms with Crippen molar-refractivity contribution in [2.45, 2.75) is 161 Å². The van der Waals surface area contributed by atoms with Crippen LogP contribution in [0.3, 0.4) is 0 Å². The first-order valence-electron chi connectivity index (χ1n) is 23.8. The van der Waals surface area contributed by atoms with Crippen LogP contribution in [-0.2, 0) is 44.5 Å². The highest BCUT2D eigenvalue weighted by atomic mass is 16.7. The molecule has 0 aliphatic carbocycles. The number of aromatic amines is 1. The Hall–Kier alpha value is -4.15. The lowest BCUT2D eigenvalue weighted by atomic mass is 9.74. The van der Waals surface area contributed by atoms with Crippen LogP contribution in [-0.4, -0.2) is 131 Å². The lowest BCUT2D eigenvalue weighted by molar-refractivity contribution is -0.436. The van der Waals surface area contributed by atoms with Crippen molar-refractivity contribution in [1.82, 2.24) is 9.88 Å². The number of fused-ring (bicyclic) bond motifs is 2. The van der Waals surface area contributed by atoms with Crippen molar-refractivity contribution in [3.8, 4) is 0 Å². The molecule has 13 unspecified atom stereocenters. The van der Waals surface area contributed by atoms with Gasteiger partial charge in [-0.25, -0.2) is 0 Å². The van der Waals surface area contributed by atoms with Gasteiger partial charge >= 0.3 is 12.1 Å². The fourth-order valence-corrected chi connectivity index (χ4v) is 10.8. The predicted octanol–water partition coefficient (Wildman–Crippen LogP) is 7.61. The monoisotopic (exact) mass is 905 g/mol. The Morgan fingerprint density at radius 2 is 1.75 bits per heavy atom. The number of aromatic nitrogens is 1. The first kappa shape index (κ1) is 50.3. The van der Waals surface area contributed by atoms with Crippen LogP contribution in [0.2, 0.25) is 0 Å². The zero-order valence-electron chi connectivity index (χ0n) is 40.5.